The zero-order valence-electron chi connectivity index (χ0n) is 13.4. The molecule has 0 aromatic heterocycles. The van der Waals surface area contributed by atoms with Crippen molar-refractivity contribution in [2.45, 2.75) is 32.9 Å². The predicted molar refractivity (Wildman–Crippen MR) is 91.6 cm³/mol. The maximum Gasteiger partial charge on any atom is 0.408 e. The number of halogens is 2. The summed E-state index contributed by atoms with van der Waals surface area (Å²) in [5.41, 5.74) is 0.491. The van der Waals surface area contributed by atoms with Crippen LogP contribution < -0.4 is 10.6 Å². The van der Waals surface area contributed by atoms with Crippen molar-refractivity contribution in [1.29, 1.82) is 5.26 Å². The first-order valence-electron chi connectivity index (χ1n) is 7.36. The molecule has 6 nitrogen and oxygen atoms in total. The van der Waals surface area contributed by atoms with Gasteiger partial charge in [-0.05, 0) is 24.5 Å². The standard InChI is InChI=1S/C16H19Cl2N3O3/c1-10(2)8-14(15(22)20-7-6-19)21-16(23)24-9-11-12(17)4-3-5-13(11)18/h3-5,10,14H,7-9H2,1-2H3,(H,20,22)(H,21,23)/t14-/m0/s1. The smallest absolute Gasteiger partial charge is 0.408 e. The first kappa shape index (κ1) is 20.1. The van der Waals surface area contributed by atoms with Crippen molar-refractivity contribution in [2.24, 2.45) is 5.92 Å². The third-order valence-electron chi connectivity index (χ3n) is 3.07. The summed E-state index contributed by atoms with van der Waals surface area (Å²) in [5, 5.41) is 14.2. The molecule has 0 bridgehead atoms. The highest BCUT2D eigenvalue weighted by atomic mass is 35.5. The first-order chi connectivity index (χ1) is 11.3. The van der Waals surface area contributed by atoms with Crippen LogP contribution >= 0.6 is 23.2 Å². The molecule has 0 saturated heterocycles. The number of nitriles is 1. The van der Waals surface area contributed by atoms with Crippen LogP contribution in [0.1, 0.15) is 25.8 Å². The van der Waals surface area contributed by atoms with Crippen LogP contribution in [0.25, 0.3) is 0 Å². The van der Waals surface area contributed by atoms with E-state index in [1.807, 2.05) is 19.9 Å². The lowest BCUT2D eigenvalue weighted by molar-refractivity contribution is -0.123. The van der Waals surface area contributed by atoms with Gasteiger partial charge < -0.3 is 15.4 Å². The number of carbonyl (C=O) groups is 2. The van der Waals surface area contributed by atoms with Crippen molar-refractivity contribution in [3.05, 3.63) is 33.8 Å². The Morgan fingerprint density at radius 2 is 1.92 bits per heavy atom. The van der Waals surface area contributed by atoms with Crippen LogP contribution in [0, 0.1) is 17.2 Å². The van der Waals surface area contributed by atoms with Gasteiger partial charge in [0.1, 0.15) is 19.2 Å². The van der Waals surface area contributed by atoms with Gasteiger partial charge in [-0.2, -0.15) is 5.26 Å². The van der Waals surface area contributed by atoms with Crippen LogP contribution in [0.2, 0.25) is 10.0 Å². The molecule has 2 amide bonds. The van der Waals surface area contributed by atoms with Crippen LogP contribution in [0.4, 0.5) is 4.79 Å². The van der Waals surface area contributed by atoms with E-state index in [0.717, 1.165) is 0 Å². The van der Waals surface area contributed by atoms with E-state index in [0.29, 0.717) is 22.0 Å². The summed E-state index contributed by atoms with van der Waals surface area (Å²) in [5.74, 6) is -0.265. The third kappa shape index (κ3) is 6.65. The van der Waals surface area contributed by atoms with Crippen molar-refractivity contribution in [1.82, 2.24) is 10.6 Å². The maximum atomic E-state index is 12.0. The number of carbonyl (C=O) groups excluding carboxylic acids is 2. The minimum atomic E-state index is -0.785. The van der Waals surface area contributed by atoms with Gasteiger partial charge in [-0.15, -0.1) is 0 Å². The Bertz CT molecular complexity index is 609. The first-order valence-corrected chi connectivity index (χ1v) is 8.11. The fourth-order valence-electron chi connectivity index (χ4n) is 1.94. The van der Waals surface area contributed by atoms with E-state index < -0.39 is 18.0 Å². The molecule has 8 heteroatoms. The van der Waals surface area contributed by atoms with Crippen LogP contribution in [-0.4, -0.2) is 24.6 Å². The van der Waals surface area contributed by atoms with Gasteiger partial charge in [-0.3, -0.25) is 4.79 Å². The number of benzene rings is 1. The van der Waals surface area contributed by atoms with Gasteiger partial charge in [0, 0.05) is 15.6 Å². The van der Waals surface area contributed by atoms with Crippen LogP contribution in [0.15, 0.2) is 18.2 Å². The van der Waals surface area contributed by atoms with Gasteiger partial charge in [-0.1, -0.05) is 43.1 Å². The van der Waals surface area contributed by atoms with Gasteiger partial charge in [0.05, 0.1) is 6.07 Å². The van der Waals surface area contributed by atoms with E-state index in [9.17, 15) is 9.59 Å². The molecule has 1 atom stereocenters. The van der Waals surface area contributed by atoms with Crippen molar-refractivity contribution in [3.63, 3.8) is 0 Å². The summed E-state index contributed by atoms with van der Waals surface area (Å²) in [7, 11) is 0. The second-order valence-electron chi connectivity index (χ2n) is 5.48. The van der Waals surface area contributed by atoms with E-state index >= 15 is 0 Å². The zero-order valence-corrected chi connectivity index (χ0v) is 14.9. The molecule has 2 N–H and O–H groups in total. The maximum absolute atomic E-state index is 12.0. The van der Waals surface area contributed by atoms with Crippen LogP contribution in [0.3, 0.4) is 0 Å². The number of hydrogen-bond donors (Lipinski definition) is 2. The number of rotatable bonds is 7. The summed E-state index contributed by atoms with van der Waals surface area (Å²) in [6, 6.07) is 6.00. The molecule has 1 aromatic carbocycles. The molecule has 1 aromatic rings. The molecule has 1 rings (SSSR count). The Labute approximate surface area is 151 Å². The molecular weight excluding hydrogens is 353 g/mol. The molecule has 0 aliphatic heterocycles. The highest BCUT2D eigenvalue weighted by Crippen LogP contribution is 2.24. The van der Waals surface area contributed by atoms with Gasteiger partial charge in [0.2, 0.25) is 5.91 Å². The van der Waals surface area contributed by atoms with Crippen LogP contribution in [-0.2, 0) is 16.1 Å². The minimum Gasteiger partial charge on any atom is -0.445 e. The normalized spacial score (nSPS) is 11.5. The van der Waals surface area contributed by atoms with Crippen molar-refractivity contribution < 1.29 is 14.3 Å². The predicted octanol–water partition coefficient (Wildman–Crippen LogP) is 3.27. The summed E-state index contributed by atoms with van der Waals surface area (Å²) in [6.07, 6.45) is -0.345. The van der Waals surface area contributed by atoms with Gasteiger partial charge in [0.15, 0.2) is 0 Å². The second kappa shape index (κ2) is 10.0. The number of nitrogens with one attached hydrogen (secondary N) is 2. The zero-order chi connectivity index (χ0) is 18.1. The quantitative estimate of drug-likeness (QED) is 0.719. The molecule has 24 heavy (non-hydrogen) atoms. The number of amides is 2. The molecule has 0 saturated carbocycles. The van der Waals surface area contributed by atoms with Gasteiger partial charge in [0.25, 0.3) is 0 Å². The Kier molecular flexibility index (Phi) is 8.37. The van der Waals surface area contributed by atoms with Crippen molar-refractivity contribution in [3.8, 4) is 6.07 Å². The Balaban J connectivity index is 2.64. The van der Waals surface area contributed by atoms with Crippen LogP contribution in [0.5, 0.6) is 0 Å². The lowest BCUT2D eigenvalue weighted by Gasteiger charge is -2.19. The average molecular weight is 372 g/mol. The van der Waals surface area contributed by atoms with E-state index in [2.05, 4.69) is 10.6 Å². The van der Waals surface area contributed by atoms with Gasteiger partial charge >= 0.3 is 6.09 Å². The molecule has 0 aliphatic rings. The van der Waals surface area contributed by atoms with E-state index in [1.54, 1.807) is 18.2 Å². The molecule has 0 heterocycles. The Morgan fingerprint density at radius 1 is 1.29 bits per heavy atom. The number of nitrogens with zero attached hydrogens (tertiary/aromatic N) is 1. The highest BCUT2D eigenvalue weighted by Gasteiger charge is 2.22. The molecule has 0 radical (unpaired) electrons. The van der Waals surface area contributed by atoms with Crippen molar-refractivity contribution >= 4 is 35.2 Å². The van der Waals surface area contributed by atoms with E-state index in [1.165, 1.54) is 0 Å². The Hall–Kier alpha value is -1.97. The summed E-state index contributed by atoms with van der Waals surface area (Å²) >= 11 is 12.0. The molecular formula is C16H19Cl2N3O3. The lowest BCUT2D eigenvalue weighted by Crippen LogP contribution is -2.47. The van der Waals surface area contributed by atoms with Crippen molar-refractivity contribution in [2.75, 3.05) is 6.54 Å². The second-order valence-corrected chi connectivity index (χ2v) is 6.29. The molecule has 0 aliphatic carbocycles. The largest absolute Gasteiger partial charge is 0.445 e. The van der Waals surface area contributed by atoms with E-state index in [-0.39, 0.29) is 19.1 Å². The molecule has 0 fully saturated rings. The third-order valence-corrected chi connectivity index (χ3v) is 3.77. The molecule has 0 spiro atoms. The molecule has 130 valence electrons. The summed E-state index contributed by atoms with van der Waals surface area (Å²) in [4.78, 5) is 23.9. The lowest BCUT2D eigenvalue weighted by atomic mass is 10.0. The minimum absolute atomic E-state index is 0.113. The van der Waals surface area contributed by atoms with E-state index in [4.69, 9.17) is 33.2 Å². The summed E-state index contributed by atoms with van der Waals surface area (Å²) in [6.45, 7) is 3.60. The topological polar surface area (TPSA) is 91.2 Å². The van der Waals surface area contributed by atoms with Gasteiger partial charge in [-0.25, -0.2) is 4.79 Å². The Morgan fingerprint density at radius 3 is 2.46 bits per heavy atom. The number of alkyl carbamates (subject to hydrolysis) is 1. The average Bonchev–Trinajstić information content (AvgIpc) is 2.51. The highest BCUT2D eigenvalue weighted by molar-refractivity contribution is 6.35. The molecule has 0 unspecified atom stereocenters. The summed E-state index contributed by atoms with van der Waals surface area (Å²) < 4.78 is 5.09. The fraction of sp³-hybridized carbons (Fsp3) is 0.438. The number of ether oxygens (including phenoxy) is 1. The monoisotopic (exact) mass is 371 g/mol. The SMILES string of the molecule is CC(C)C[C@H](NC(=O)OCc1c(Cl)cccc1Cl)C(=O)NCC#N. The number of hydrogen-bond acceptors (Lipinski definition) is 4. The fourth-order valence-corrected chi connectivity index (χ4v) is 2.45.